The van der Waals surface area contributed by atoms with Crippen molar-refractivity contribution in [3.63, 3.8) is 0 Å². The minimum Gasteiger partial charge on any atom is -0.371 e. The van der Waals surface area contributed by atoms with E-state index in [-0.39, 0.29) is 35.9 Å². The number of piperazine rings is 1. The highest BCUT2D eigenvalue weighted by Crippen LogP contribution is 2.32. The summed E-state index contributed by atoms with van der Waals surface area (Å²) in [5.74, 6) is -1.86. The molecule has 0 spiro atoms. The lowest BCUT2D eigenvalue weighted by Gasteiger charge is -2.41. The number of anilines is 1. The first-order valence-electron chi connectivity index (χ1n) is 11.0. The number of hydrogen-bond acceptors (Lipinski definition) is 7. The van der Waals surface area contributed by atoms with Gasteiger partial charge in [0.15, 0.2) is 0 Å². The molecule has 1 unspecified atom stereocenters. The van der Waals surface area contributed by atoms with Gasteiger partial charge >= 0.3 is 0 Å². The van der Waals surface area contributed by atoms with Crippen molar-refractivity contribution in [3.8, 4) is 0 Å². The van der Waals surface area contributed by atoms with E-state index in [9.17, 15) is 24.0 Å². The van der Waals surface area contributed by atoms with Gasteiger partial charge in [0.2, 0.25) is 17.7 Å². The van der Waals surface area contributed by atoms with Crippen LogP contribution in [-0.4, -0.2) is 84.1 Å². The molecule has 3 fully saturated rings. The Hall–Kier alpha value is -3.27. The first-order valence-corrected chi connectivity index (χ1v) is 11.0. The Balaban J connectivity index is 1.30. The number of carbonyl (C=O) groups excluding carboxylic acids is 5. The highest BCUT2D eigenvalue weighted by molar-refractivity contribution is 6.23. The molecule has 5 rings (SSSR count). The van der Waals surface area contributed by atoms with Crippen LogP contribution < -0.4 is 15.5 Å². The summed E-state index contributed by atoms with van der Waals surface area (Å²) in [4.78, 5) is 66.8. The molecule has 0 aliphatic carbocycles. The van der Waals surface area contributed by atoms with Gasteiger partial charge in [0.25, 0.3) is 11.8 Å². The predicted molar refractivity (Wildman–Crippen MR) is 113 cm³/mol. The summed E-state index contributed by atoms with van der Waals surface area (Å²) >= 11 is 0. The number of rotatable bonds is 3. The number of hydrogen-bond donors (Lipinski definition) is 2. The monoisotopic (exact) mass is 439 g/mol. The first-order chi connectivity index (χ1) is 15.4. The highest BCUT2D eigenvalue weighted by Gasteiger charge is 2.44. The van der Waals surface area contributed by atoms with E-state index in [1.165, 1.54) is 0 Å². The van der Waals surface area contributed by atoms with Crippen LogP contribution >= 0.6 is 0 Å². The van der Waals surface area contributed by atoms with E-state index in [1.54, 1.807) is 12.1 Å². The van der Waals surface area contributed by atoms with E-state index in [0.29, 0.717) is 6.54 Å². The summed E-state index contributed by atoms with van der Waals surface area (Å²) in [5.41, 5.74) is 1.42. The third-order valence-electron chi connectivity index (χ3n) is 6.82. The minimum absolute atomic E-state index is 0.0968. The maximum atomic E-state index is 13.0. The summed E-state index contributed by atoms with van der Waals surface area (Å²) < 4.78 is 0. The number of amides is 5. The van der Waals surface area contributed by atoms with Gasteiger partial charge in [0.05, 0.1) is 17.7 Å². The van der Waals surface area contributed by atoms with E-state index in [4.69, 9.17) is 0 Å². The quantitative estimate of drug-likeness (QED) is 0.609. The summed E-state index contributed by atoms with van der Waals surface area (Å²) in [6.07, 6.45) is 1.93. The fourth-order valence-corrected chi connectivity index (χ4v) is 5.10. The van der Waals surface area contributed by atoms with Crippen molar-refractivity contribution in [3.05, 3.63) is 29.3 Å². The average molecular weight is 439 g/mol. The van der Waals surface area contributed by atoms with E-state index in [1.807, 2.05) is 11.0 Å². The number of piperidine rings is 2. The standard InChI is InChI=1S/C22H25N5O5/c28-18-4-3-17(20(30)24-18)27-21(31)15-2-1-14(11-16(15)22(27)32)25-8-5-13(6-9-25)26-10-7-23-12-19(26)29/h1-2,11,13,17,23H,3-10,12H2,(H,24,28,30). The largest absolute Gasteiger partial charge is 0.371 e. The third kappa shape index (κ3) is 3.44. The van der Waals surface area contributed by atoms with Gasteiger partial charge in [0.1, 0.15) is 6.04 Å². The van der Waals surface area contributed by atoms with Crippen LogP contribution in [-0.2, 0) is 14.4 Å². The van der Waals surface area contributed by atoms with Gasteiger partial charge in [-0.1, -0.05) is 0 Å². The SMILES string of the molecule is O=C1CCC(N2C(=O)c3ccc(N4CCC(N5CCNCC5=O)CC4)cc3C2=O)C(=O)N1. The van der Waals surface area contributed by atoms with Crippen molar-refractivity contribution in [1.29, 1.82) is 0 Å². The minimum atomic E-state index is -0.962. The fourth-order valence-electron chi connectivity index (χ4n) is 5.10. The maximum absolute atomic E-state index is 13.0. The number of nitrogens with one attached hydrogen (secondary N) is 2. The molecule has 0 bridgehead atoms. The van der Waals surface area contributed by atoms with Crippen LogP contribution in [0.5, 0.6) is 0 Å². The molecule has 10 nitrogen and oxygen atoms in total. The molecule has 1 atom stereocenters. The average Bonchev–Trinajstić information content (AvgIpc) is 3.04. The zero-order valence-electron chi connectivity index (χ0n) is 17.6. The van der Waals surface area contributed by atoms with Gasteiger partial charge in [-0.15, -0.1) is 0 Å². The molecule has 0 radical (unpaired) electrons. The Bertz CT molecular complexity index is 1020. The maximum Gasteiger partial charge on any atom is 0.262 e. The van der Waals surface area contributed by atoms with Crippen molar-refractivity contribution >= 4 is 35.2 Å². The van der Waals surface area contributed by atoms with E-state index in [2.05, 4.69) is 15.5 Å². The van der Waals surface area contributed by atoms with Crippen LogP contribution in [0.25, 0.3) is 0 Å². The fraction of sp³-hybridized carbons (Fsp3) is 0.500. The summed E-state index contributed by atoms with van der Waals surface area (Å²) in [7, 11) is 0. The Morgan fingerprint density at radius 3 is 2.34 bits per heavy atom. The molecule has 0 saturated carbocycles. The molecule has 32 heavy (non-hydrogen) atoms. The molecule has 5 amide bonds. The molecular formula is C22H25N5O5. The molecule has 4 heterocycles. The van der Waals surface area contributed by atoms with Crippen LogP contribution in [0.3, 0.4) is 0 Å². The Kier molecular flexibility index (Phi) is 5.16. The first kappa shape index (κ1) is 20.6. The van der Waals surface area contributed by atoms with E-state index >= 15 is 0 Å². The van der Waals surface area contributed by atoms with Crippen LogP contribution in [0.15, 0.2) is 18.2 Å². The third-order valence-corrected chi connectivity index (χ3v) is 6.82. The normalized spacial score (nSPS) is 24.8. The smallest absolute Gasteiger partial charge is 0.262 e. The van der Waals surface area contributed by atoms with Gasteiger partial charge in [0, 0.05) is 44.3 Å². The molecule has 1 aromatic rings. The highest BCUT2D eigenvalue weighted by atomic mass is 16.2. The van der Waals surface area contributed by atoms with Gasteiger partial charge < -0.3 is 15.1 Å². The molecule has 168 valence electrons. The zero-order valence-corrected chi connectivity index (χ0v) is 17.6. The topological polar surface area (TPSA) is 119 Å². The molecule has 4 aliphatic heterocycles. The number of benzene rings is 1. The molecule has 0 aromatic heterocycles. The number of fused-ring (bicyclic) bond motifs is 1. The van der Waals surface area contributed by atoms with Gasteiger partial charge in [-0.2, -0.15) is 0 Å². The van der Waals surface area contributed by atoms with Crippen molar-refractivity contribution in [2.24, 2.45) is 0 Å². The van der Waals surface area contributed by atoms with E-state index < -0.39 is 29.7 Å². The van der Waals surface area contributed by atoms with Crippen LogP contribution in [0.1, 0.15) is 46.4 Å². The zero-order chi connectivity index (χ0) is 22.4. The van der Waals surface area contributed by atoms with Crippen molar-refractivity contribution in [2.75, 3.05) is 37.6 Å². The lowest BCUT2D eigenvalue weighted by atomic mass is 10.0. The summed E-state index contributed by atoms with van der Waals surface area (Å²) in [6.45, 7) is 3.44. The molecule has 10 heteroatoms. The van der Waals surface area contributed by atoms with Gasteiger partial charge in [-0.3, -0.25) is 34.2 Å². The Morgan fingerprint density at radius 2 is 1.62 bits per heavy atom. The second-order valence-corrected chi connectivity index (χ2v) is 8.66. The summed E-state index contributed by atoms with van der Waals surface area (Å²) in [5, 5.41) is 5.30. The molecule has 1 aromatic carbocycles. The second-order valence-electron chi connectivity index (χ2n) is 8.66. The Labute approximate surface area is 184 Å². The van der Waals surface area contributed by atoms with Crippen LogP contribution in [0, 0.1) is 0 Å². The lowest BCUT2D eigenvalue weighted by molar-refractivity contribution is -0.136. The van der Waals surface area contributed by atoms with Crippen molar-refractivity contribution in [1.82, 2.24) is 20.4 Å². The second kappa shape index (κ2) is 8.01. The lowest BCUT2D eigenvalue weighted by Crippen LogP contribution is -2.55. The van der Waals surface area contributed by atoms with Gasteiger partial charge in [-0.05, 0) is 37.5 Å². The molecule has 4 aliphatic rings. The van der Waals surface area contributed by atoms with Crippen molar-refractivity contribution in [2.45, 2.75) is 37.8 Å². The Morgan fingerprint density at radius 1 is 0.875 bits per heavy atom. The number of imide groups is 2. The van der Waals surface area contributed by atoms with E-state index in [0.717, 1.165) is 49.6 Å². The predicted octanol–water partition coefficient (Wildman–Crippen LogP) is -0.512. The van der Waals surface area contributed by atoms with Crippen LogP contribution in [0.4, 0.5) is 5.69 Å². The molecule has 3 saturated heterocycles. The number of nitrogens with zero attached hydrogens (tertiary/aromatic N) is 3. The van der Waals surface area contributed by atoms with Gasteiger partial charge in [-0.25, -0.2) is 0 Å². The molecule has 2 N–H and O–H groups in total. The number of carbonyl (C=O) groups is 5. The van der Waals surface area contributed by atoms with Crippen molar-refractivity contribution < 1.29 is 24.0 Å². The van der Waals surface area contributed by atoms with Crippen LogP contribution in [0.2, 0.25) is 0 Å². The summed E-state index contributed by atoms with van der Waals surface area (Å²) in [6, 6.07) is 4.45. The molecular weight excluding hydrogens is 414 g/mol.